The lowest BCUT2D eigenvalue weighted by Gasteiger charge is -2.17. The number of phenols is 1. The van der Waals surface area contributed by atoms with E-state index in [-0.39, 0.29) is 23.1 Å². The van der Waals surface area contributed by atoms with E-state index >= 15 is 0 Å². The molecule has 0 bridgehead atoms. The minimum absolute atomic E-state index is 0.0727. The molecule has 0 fully saturated rings. The molecule has 1 aromatic carbocycles. The third-order valence-electron chi connectivity index (χ3n) is 3.31. The van der Waals surface area contributed by atoms with Crippen LogP contribution in [-0.4, -0.2) is 25.7 Å². The van der Waals surface area contributed by atoms with Crippen molar-refractivity contribution in [2.75, 3.05) is 0 Å². The van der Waals surface area contributed by atoms with Crippen LogP contribution in [0.5, 0.6) is 5.75 Å². The number of aryl methyl sites for hydroxylation is 1. The minimum atomic E-state index is -4.53. The first-order chi connectivity index (χ1) is 10.3. The molecule has 4 N–H and O–H groups in total. The van der Waals surface area contributed by atoms with Crippen molar-refractivity contribution < 1.29 is 24.6 Å². The second-order valence-corrected chi connectivity index (χ2v) is 6.36. The Hall–Kier alpha value is -1.88. The molecular formula is C15H18NO5P. The number of allylic oxidation sites excluding steroid dienone is 3. The second kappa shape index (κ2) is 6.92. The number of aromatic hydroxyl groups is 1. The first-order valence-electron chi connectivity index (χ1n) is 6.86. The fraction of sp³-hybridized carbons (Fsp3) is 0.267. The van der Waals surface area contributed by atoms with Crippen LogP contribution >= 0.6 is 7.75 Å². The van der Waals surface area contributed by atoms with Gasteiger partial charge in [-0.2, -0.15) is 4.76 Å². The SMILES string of the molecule is O=P(O)(O)/N=C1\C=C(O)C=CC1CCCc1cccc(O)c1. The standard InChI is InChI=1S/C15H18NO5P/c17-13-6-2-4-11(9-13)3-1-5-12-7-8-14(18)10-15(12)16-22(19,20)21/h2,4,6-10,12,17-18H,1,3,5H2,(H2,19,20,21)/b16-15+. The molecular weight excluding hydrogens is 305 g/mol. The first-order valence-corrected chi connectivity index (χ1v) is 8.42. The van der Waals surface area contributed by atoms with E-state index in [2.05, 4.69) is 4.76 Å². The molecule has 118 valence electrons. The number of phenolic OH excluding ortho intramolecular Hbond substituents is 1. The molecule has 0 aromatic heterocycles. The predicted octanol–water partition coefficient (Wildman–Crippen LogP) is 2.88. The number of rotatable bonds is 5. The highest BCUT2D eigenvalue weighted by Gasteiger charge is 2.20. The molecule has 0 spiro atoms. The fourth-order valence-electron chi connectivity index (χ4n) is 2.36. The summed E-state index contributed by atoms with van der Waals surface area (Å²) in [5.41, 5.74) is 1.18. The number of benzene rings is 1. The number of hydrogen-bond donors (Lipinski definition) is 4. The molecule has 22 heavy (non-hydrogen) atoms. The lowest BCUT2D eigenvalue weighted by atomic mass is 9.91. The highest BCUT2D eigenvalue weighted by Crippen LogP contribution is 2.38. The van der Waals surface area contributed by atoms with Crippen LogP contribution in [0.15, 0.2) is 53.0 Å². The summed E-state index contributed by atoms with van der Waals surface area (Å²) in [5.74, 6) is -0.107. The van der Waals surface area contributed by atoms with E-state index in [9.17, 15) is 14.8 Å². The van der Waals surface area contributed by atoms with Gasteiger partial charge < -0.3 is 20.0 Å². The van der Waals surface area contributed by atoms with Crippen molar-refractivity contribution in [2.45, 2.75) is 19.3 Å². The Balaban J connectivity index is 2.00. The Labute approximate surface area is 128 Å². The summed E-state index contributed by atoms with van der Waals surface area (Å²) in [6, 6.07) is 6.97. The molecule has 0 saturated carbocycles. The molecule has 6 nitrogen and oxygen atoms in total. The number of aliphatic hydroxyl groups is 1. The first kappa shape index (κ1) is 16.5. The second-order valence-electron chi connectivity index (χ2n) is 5.14. The van der Waals surface area contributed by atoms with Crippen LogP contribution in [0.25, 0.3) is 0 Å². The van der Waals surface area contributed by atoms with Gasteiger partial charge in [-0.05, 0) is 43.0 Å². The van der Waals surface area contributed by atoms with Crippen molar-refractivity contribution >= 4 is 13.5 Å². The van der Waals surface area contributed by atoms with E-state index in [1.165, 1.54) is 12.2 Å². The zero-order chi connectivity index (χ0) is 16.2. The lowest BCUT2D eigenvalue weighted by Crippen LogP contribution is -2.14. The summed E-state index contributed by atoms with van der Waals surface area (Å²) in [6.07, 6.45) is 6.59. The summed E-state index contributed by atoms with van der Waals surface area (Å²) in [6.45, 7) is 0. The highest BCUT2D eigenvalue weighted by atomic mass is 31.2. The van der Waals surface area contributed by atoms with Gasteiger partial charge >= 0.3 is 7.75 Å². The summed E-state index contributed by atoms with van der Waals surface area (Å²) in [4.78, 5) is 17.9. The molecule has 1 atom stereocenters. The van der Waals surface area contributed by atoms with Gasteiger partial charge in [-0.3, -0.25) is 0 Å². The average molecular weight is 323 g/mol. The molecule has 7 heteroatoms. The molecule has 1 aromatic rings. The van der Waals surface area contributed by atoms with Gasteiger partial charge in [-0.25, -0.2) is 4.57 Å². The van der Waals surface area contributed by atoms with E-state index in [1.54, 1.807) is 24.3 Å². The number of aliphatic hydroxyl groups excluding tert-OH is 1. The van der Waals surface area contributed by atoms with Crippen LogP contribution in [0.2, 0.25) is 0 Å². The van der Waals surface area contributed by atoms with Crippen LogP contribution in [0.4, 0.5) is 0 Å². The highest BCUT2D eigenvalue weighted by molar-refractivity contribution is 7.50. The summed E-state index contributed by atoms with van der Waals surface area (Å²) in [7, 11) is -4.53. The van der Waals surface area contributed by atoms with Crippen LogP contribution in [0.1, 0.15) is 18.4 Å². The fourth-order valence-corrected chi connectivity index (χ4v) is 2.86. The number of hydrogen-bond acceptors (Lipinski definition) is 3. The third-order valence-corrected chi connectivity index (χ3v) is 3.80. The van der Waals surface area contributed by atoms with Crippen molar-refractivity contribution in [2.24, 2.45) is 10.7 Å². The zero-order valence-electron chi connectivity index (χ0n) is 11.8. The maximum absolute atomic E-state index is 11.0. The normalized spacial score (nSPS) is 20.2. The van der Waals surface area contributed by atoms with Gasteiger partial charge in [0.1, 0.15) is 11.5 Å². The Morgan fingerprint density at radius 2 is 2.00 bits per heavy atom. The quantitative estimate of drug-likeness (QED) is 0.623. The van der Waals surface area contributed by atoms with Gasteiger partial charge in [-0.15, -0.1) is 0 Å². The Bertz CT molecular complexity index is 674. The lowest BCUT2D eigenvalue weighted by molar-refractivity contribution is 0.375. The van der Waals surface area contributed by atoms with E-state index in [0.717, 1.165) is 18.4 Å². The Kier molecular flexibility index (Phi) is 5.19. The molecule has 0 radical (unpaired) electrons. The minimum Gasteiger partial charge on any atom is -0.508 e. The van der Waals surface area contributed by atoms with Gasteiger partial charge in [0.15, 0.2) is 0 Å². The van der Waals surface area contributed by atoms with E-state index in [1.807, 2.05) is 6.07 Å². The van der Waals surface area contributed by atoms with Crippen molar-refractivity contribution in [1.29, 1.82) is 0 Å². The molecule has 1 aliphatic rings. The monoisotopic (exact) mass is 323 g/mol. The summed E-state index contributed by atoms with van der Waals surface area (Å²) < 4.78 is 14.4. The van der Waals surface area contributed by atoms with E-state index in [0.29, 0.717) is 6.42 Å². The van der Waals surface area contributed by atoms with Crippen LogP contribution in [-0.2, 0) is 11.0 Å². The Morgan fingerprint density at radius 3 is 2.68 bits per heavy atom. The summed E-state index contributed by atoms with van der Waals surface area (Å²) >= 11 is 0. The third kappa shape index (κ3) is 5.15. The maximum atomic E-state index is 11.0. The van der Waals surface area contributed by atoms with Crippen LogP contribution < -0.4 is 0 Å². The van der Waals surface area contributed by atoms with Gasteiger partial charge in [0.05, 0.1) is 5.71 Å². The maximum Gasteiger partial charge on any atom is 0.448 e. The van der Waals surface area contributed by atoms with E-state index < -0.39 is 7.75 Å². The van der Waals surface area contributed by atoms with E-state index in [4.69, 9.17) is 9.79 Å². The average Bonchev–Trinajstić information content (AvgIpc) is 2.39. The van der Waals surface area contributed by atoms with Gasteiger partial charge in [0.2, 0.25) is 0 Å². The van der Waals surface area contributed by atoms with Crippen molar-refractivity contribution in [3.63, 3.8) is 0 Å². The predicted molar refractivity (Wildman–Crippen MR) is 83.9 cm³/mol. The largest absolute Gasteiger partial charge is 0.508 e. The van der Waals surface area contributed by atoms with Crippen molar-refractivity contribution in [3.8, 4) is 5.75 Å². The zero-order valence-corrected chi connectivity index (χ0v) is 12.7. The topological polar surface area (TPSA) is 110 Å². The molecule has 0 amide bonds. The Morgan fingerprint density at radius 1 is 1.23 bits per heavy atom. The molecule has 1 aliphatic carbocycles. The van der Waals surface area contributed by atoms with Gasteiger partial charge in [0.25, 0.3) is 0 Å². The van der Waals surface area contributed by atoms with Gasteiger partial charge in [-0.1, -0.05) is 18.2 Å². The molecule has 0 saturated heterocycles. The molecule has 1 unspecified atom stereocenters. The van der Waals surface area contributed by atoms with Crippen molar-refractivity contribution in [1.82, 2.24) is 0 Å². The molecule has 2 rings (SSSR count). The molecule has 0 heterocycles. The van der Waals surface area contributed by atoms with Crippen LogP contribution in [0.3, 0.4) is 0 Å². The van der Waals surface area contributed by atoms with Crippen LogP contribution in [0, 0.1) is 5.92 Å². The number of nitrogens with zero attached hydrogens (tertiary/aromatic N) is 1. The van der Waals surface area contributed by atoms with Crippen molar-refractivity contribution in [3.05, 3.63) is 53.8 Å². The smallest absolute Gasteiger partial charge is 0.448 e. The van der Waals surface area contributed by atoms with Gasteiger partial charge in [0, 0.05) is 12.0 Å². The summed E-state index contributed by atoms with van der Waals surface area (Å²) in [5, 5.41) is 18.8. The molecule has 0 aliphatic heterocycles.